The summed E-state index contributed by atoms with van der Waals surface area (Å²) in [4.78, 5) is 9.19. The predicted octanol–water partition coefficient (Wildman–Crippen LogP) is 2.78. The Bertz CT molecular complexity index is 618. The highest BCUT2D eigenvalue weighted by Crippen LogP contribution is 2.46. The van der Waals surface area contributed by atoms with Gasteiger partial charge in [-0.25, -0.2) is 9.97 Å². The van der Waals surface area contributed by atoms with E-state index in [2.05, 4.69) is 35.1 Å². The van der Waals surface area contributed by atoms with Gasteiger partial charge in [0.05, 0.1) is 17.7 Å². The zero-order chi connectivity index (χ0) is 13.5. The molecule has 1 aliphatic rings. The van der Waals surface area contributed by atoms with Crippen molar-refractivity contribution in [2.75, 3.05) is 6.61 Å². The van der Waals surface area contributed by atoms with E-state index >= 15 is 0 Å². The van der Waals surface area contributed by atoms with E-state index in [1.807, 2.05) is 19.1 Å². The van der Waals surface area contributed by atoms with Crippen LogP contribution in [-0.2, 0) is 5.41 Å². The van der Waals surface area contributed by atoms with Gasteiger partial charge in [0.15, 0.2) is 0 Å². The van der Waals surface area contributed by atoms with Crippen molar-refractivity contribution in [1.82, 2.24) is 9.97 Å². The highest BCUT2D eigenvalue weighted by atomic mass is 16.3. The second-order valence-electron chi connectivity index (χ2n) is 5.53. The third-order valence-electron chi connectivity index (χ3n) is 3.80. The maximum atomic E-state index is 9.53. The number of rotatable bonds is 3. The minimum Gasteiger partial charge on any atom is -0.395 e. The topological polar surface area (TPSA) is 46.0 Å². The number of aromatic nitrogens is 2. The number of hydrogen-bond acceptors (Lipinski definition) is 3. The van der Waals surface area contributed by atoms with E-state index in [0.29, 0.717) is 0 Å². The minimum absolute atomic E-state index is 0.143. The van der Waals surface area contributed by atoms with Crippen molar-refractivity contribution in [2.24, 2.45) is 0 Å². The van der Waals surface area contributed by atoms with Crippen LogP contribution in [0.4, 0.5) is 0 Å². The molecule has 0 unspecified atom stereocenters. The lowest BCUT2D eigenvalue weighted by atomic mass is 10.1. The zero-order valence-corrected chi connectivity index (χ0v) is 11.3. The number of benzene rings is 1. The molecule has 1 aromatic heterocycles. The quantitative estimate of drug-likeness (QED) is 0.916. The van der Waals surface area contributed by atoms with Gasteiger partial charge in [-0.15, -0.1) is 0 Å². The summed E-state index contributed by atoms with van der Waals surface area (Å²) in [5.41, 5.74) is 4.07. The summed E-state index contributed by atoms with van der Waals surface area (Å²) >= 11 is 0. The Morgan fingerprint density at radius 3 is 2.58 bits per heavy atom. The normalized spacial score (nSPS) is 16.4. The van der Waals surface area contributed by atoms with Gasteiger partial charge in [-0.1, -0.05) is 23.8 Å². The van der Waals surface area contributed by atoms with E-state index < -0.39 is 0 Å². The molecule has 3 nitrogen and oxygen atoms in total. The van der Waals surface area contributed by atoms with Crippen LogP contribution in [0.2, 0.25) is 0 Å². The Morgan fingerprint density at radius 1 is 1.16 bits per heavy atom. The Kier molecular flexibility index (Phi) is 2.86. The lowest BCUT2D eigenvalue weighted by Crippen LogP contribution is -2.17. The summed E-state index contributed by atoms with van der Waals surface area (Å²) in [5.74, 6) is 0.798. The van der Waals surface area contributed by atoms with Crippen molar-refractivity contribution >= 4 is 0 Å². The molecule has 98 valence electrons. The lowest BCUT2D eigenvalue weighted by Gasteiger charge is -2.13. The summed E-state index contributed by atoms with van der Waals surface area (Å²) in [6, 6.07) is 10.3. The molecule has 0 spiro atoms. The molecule has 0 aliphatic heterocycles. The highest BCUT2D eigenvalue weighted by Gasteiger charge is 2.46. The molecule has 3 heteroatoms. The summed E-state index contributed by atoms with van der Waals surface area (Å²) in [7, 11) is 0. The second kappa shape index (κ2) is 4.42. The molecule has 3 rings (SSSR count). The fourth-order valence-electron chi connectivity index (χ4n) is 2.36. The van der Waals surface area contributed by atoms with Crippen LogP contribution in [0, 0.1) is 13.8 Å². The van der Waals surface area contributed by atoms with Crippen LogP contribution in [0.3, 0.4) is 0 Å². The molecule has 1 N–H and O–H groups in total. The van der Waals surface area contributed by atoms with Crippen molar-refractivity contribution in [2.45, 2.75) is 32.1 Å². The molecular weight excluding hydrogens is 236 g/mol. The highest BCUT2D eigenvalue weighted by molar-refractivity contribution is 5.60. The number of aliphatic hydroxyl groups is 1. The summed E-state index contributed by atoms with van der Waals surface area (Å²) in [5, 5.41) is 9.53. The molecule has 1 heterocycles. The van der Waals surface area contributed by atoms with Gasteiger partial charge < -0.3 is 5.11 Å². The number of nitrogens with zero attached hydrogens (tertiary/aromatic N) is 2. The molecule has 0 amide bonds. The van der Waals surface area contributed by atoms with Gasteiger partial charge in [-0.2, -0.15) is 0 Å². The maximum absolute atomic E-state index is 9.53. The average Bonchev–Trinajstić information content (AvgIpc) is 3.19. The van der Waals surface area contributed by atoms with E-state index in [1.54, 1.807) is 0 Å². The van der Waals surface area contributed by atoms with Crippen molar-refractivity contribution in [3.05, 3.63) is 47.4 Å². The van der Waals surface area contributed by atoms with Crippen molar-refractivity contribution in [3.8, 4) is 11.3 Å². The van der Waals surface area contributed by atoms with E-state index in [1.165, 1.54) is 5.56 Å². The van der Waals surface area contributed by atoms with Crippen molar-refractivity contribution in [1.29, 1.82) is 0 Å². The van der Waals surface area contributed by atoms with Gasteiger partial charge in [0.25, 0.3) is 0 Å². The van der Waals surface area contributed by atoms with Crippen LogP contribution in [0.25, 0.3) is 11.3 Å². The Labute approximate surface area is 113 Å². The van der Waals surface area contributed by atoms with Gasteiger partial charge in [-0.05, 0) is 38.8 Å². The maximum Gasteiger partial charge on any atom is 0.137 e. The van der Waals surface area contributed by atoms with Crippen LogP contribution in [0.1, 0.15) is 29.9 Å². The van der Waals surface area contributed by atoms with E-state index in [9.17, 15) is 5.11 Å². The van der Waals surface area contributed by atoms with Crippen molar-refractivity contribution < 1.29 is 5.11 Å². The Morgan fingerprint density at radius 2 is 1.95 bits per heavy atom. The molecular formula is C16H18N2O. The molecule has 1 aromatic carbocycles. The second-order valence-corrected chi connectivity index (χ2v) is 5.53. The smallest absolute Gasteiger partial charge is 0.137 e. The molecule has 1 fully saturated rings. The molecule has 1 saturated carbocycles. The molecule has 0 saturated heterocycles. The minimum atomic E-state index is -0.176. The van der Waals surface area contributed by atoms with Gasteiger partial charge in [0, 0.05) is 11.3 Å². The van der Waals surface area contributed by atoms with E-state index in [4.69, 9.17) is 0 Å². The van der Waals surface area contributed by atoms with Crippen LogP contribution < -0.4 is 0 Å². The fourth-order valence-corrected chi connectivity index (χ4v) is 2.36. The van der Waals surface area contributed by atoms with Crippen LogP contribution >= 0.6 is 0 Å². The van der Waals surface area contributed by atoms with Gasteiger partial charge >= 0.3 is 0 Å². The van der Waals surface area contributed by atoms with Gasteiger partial charge in [0.2, 0.25) is 0 Å². The van der Waals surface area contributed by atoms with Crippen LogP contribution in [0.15, 0.2) is 30.3 Å². The lowest BCUT2D eigenvalue weighted by molar-refractivity contribution is 0.249. The average molecular weight is 254 g/mol. The number of aliphatic hydroxyl groups excluding tert-OH is 1. The zero-order valence-electron chi connectivity index (χ0n) is 11.3. The Balaban J connectivity index is 2.08. The largest absolute Gasteiger partial charge is 0.395 e. The first-order chi connectivity index (χ1) is 9.13. The van der Waals surface area contributed by atoms with Gasteiger partial charge in [-0.3, -0.25) is 0 Å². The van der Waals surface area contributed by atoms with Crippen molar-refractivity contribution in [3.63, 3.8) is 0 Å². The third-order valence-corrected chi connectivity index (χ3v) is 3.80. The molecule has 2 aromatic rings. The molecule has 0 radical (unpaired) electrons. The van der Waals surface area contributed by atoms with Crippen LogP contribution in [-0.4, -0.2) is 21.7 Å². The van der Waals surface area contributed by atoms with Gasteiger partial charge in [0.1, 0.15) is 5.82 Å². The summed E-state index contributed by atoms with van der Waals surface area (Å²) < 4.78 is 0. The third kappa shape index (κ3) is 2.26. The first kappa shape index (κ1) is 12.3. The van der Waals surface area contributed by atoms with Crippen LogP contribution in [0.5, 0.6) is 0 Å². The first-order valence-electron chi connectivity index (χ1n) is 6.67. The molecule has 0 atom stereocenters. The number of aryl methyl sites for hydroxylation is 2. The summed E-state index contributed by atoms with van der Waals surface area (Å²) in [6.07, 6.45) is 1.97. The standard InChI is InChI=1S/C16H18N2O/c1-11-4-3-5-13(8-11)14-9-12(2)17-15(18-14)16(10-19)6-7-16/h3-5,8-9,19H,6-7,10H2,1-2H3. The van der Waals surface area contributed by atoms with E-state index in [0.717, 1.165) is 35.6 Å². The molecule has 0 bridgehead atoms. The molecule has 1 aliphatic carbocycles. The molecule has 19 heavy (non-hydrogen) atoms. The predicted molar refractivity (Wildman–Crippen MR) is 74.9 cm³/mol. The summed E-state index contributed by atoms with van der Waals surface area (Å²) in [6.45, 7) is 4.20. The monoisotopic (exact) mass is 254 g/mol. The van der Waals surface area contributed by atoms with E-state index in [-0.39, 0.29) is 12.0 Å². The fraction of sp³-hybridized carbons (Fsp3) is 0.375. The SMILES string of the molecule is Cc1cccc(-c2cc(C)nc(C3(CO)CC3)n2)c1. The first-order valence-corrected chi connectivity index (χ1v) is 6.67. The number of hydrogen-bond donors (Lipinski definition) is 1. The Hall–Kier alpha value is -1.74.